The van der Waals surface area contributed by atoms with Crippen LogP contribution in [0.1, 0.15) is 42.5 Å². The Labute approximate surface area is 93.5 Å². The third-order valence-corrected chi connectivity index (χ3v) is 3.20. The van der Waals surface area contributed by atoms with Crippen molar-refractivity contribution < 1.29 is 13.6 Å². The molecule has 0 unspecified atom stereocenters. The Kier molecular flexibility index (Phi) is 3.32. The largest absolute Gasteiger partial charge is 0.294 e. The molecule has 0 N–H and O–H groups in total. The van der Waals surface area contributed by atoms with E-state index in [0.29, 0.717) is 12.3 Å². The smallest absolute Gasteiger partial charge is 0.169 e. The molecule has 0 heterocycles. The Morgan fingerprint density at radius 1 is 1.25 bits per heavy atom. The average molecular weight is 224 g/mol. The van der Waals surface area contributed by atoms with E-state index in [2.05, 4.69) is 0 Å². The van der Waals surface area contributed by atoms with Crippen molar-refractivity contribution >= 4 is 5.78 Å². The third kappa shape index (κ3) is 2.29. The molecule has 2 rings (SSSR count). The predicted octanol–water partition coefficient (Wildman–Crippen LogP) is 3.73. The van der Waals surface area contributed by atoms with Gasteiger partial charge in [-0.3, -0.25) is 4.79 Å². The van der Waals surface area contributed by atoms with Crippen molar-refractivity contribution in [2.24, 2.45) is 5.92 Å². The fraction of sp³-hybridized carbons (Fsp3) is 0.462. The second kappa shape index (κ2) is 4.73. The van der Waals surface area contributed by atoms with Gasteiger partial charge in [0, 0.05) is 6.42 Å². The predicted molar refractivity (Wildman–Crippen MR) is 57.3 cm³/mol. The molecule has 1 aromatic rings. The van der Waals surface area contributed by atoms with Crippen molar-refractivity contribution in [1.82, 2.24) is 0 Å². The molecule has 1 fully saturated rings. The van der Waals surface area contributed by atoms with E-state index in [1.165, 1.54) is 12.1 Å². The summed E-state index contributed by atoms with van der Waals surface area (Å²) in [6.45, 7) is 0. The molecule has 0 aliphatic heterocycles. The van der Waals surface area contributed by atoms with Crippen molar-refractivity contribution in [3.05, 3.63) is 35.4 Å². The van der Waals surface area contributed by atoms with Crippen LogP contribution in [0.5, 0.6) is 0 Å². The van der Waals surface area contributed by atoms with Crippen LogP contribution in [-0.4, -0.2) is 5.78 Å². The van der Waals surface area contributed by atoms with Crippen molar-refractivity contribution in [1.29, 1.82) is 0 Å². The van der Waals surface area contributed by atoms with Gasteiger partial charge in [-0.2, -0.15) is 0 Å². The van der Waals surface area contributed by atoms with E-state index >= 15 is 0 Å². The minimum Gasteiger partial charge on any atom is -0.294 e. The zero-order chi connectivity index (χ0) is 11.5. The number of benzene rings is 1. The molecule has 0 saturated heterocycles. The molecule has 0 radical (unpaired) electrons. The van der Waals surface area contributed by atoms with Gasteiger partial charge in [0.2, 0.25) is 0 Å². The first-order valence-corrected chi connectivity index (χ1v) is 5.65. The van der Waals surface area contributed by atoms with Crippen LogP contribution < -0.4 is 0 Å². The molecule has 3 heteroatoms. The molecule has 0 spiro atoms. The summed E-state index contributed by atoms with van der Waals surface area (Å²) in [5, 5.41) is 0. The lowest BCUT2D eigenvalue weighted by atomic mass is 9.97. The van der Waals surface area contributed by atoms with Crippen LogP contribution in [-0.2, 0) is 0 Å². The highest BCUT2D eigenvalue weighted by Crippen LogP contribution is 2.29. The summed E-state index contributed by atoms with van der Waals surface area (Å²) in [4.78, 5) is 11.8. The van der Waals surface area contributed by atoms with Crippen molar-refractivity contribution in [2.75, 3.05) is 0 Å². The highest BCUT2D eigenvalue weighted by Gasteiger charge is 2.21. The minimum atomic E-state index is -1.01. The number of halogens is 2. The fourth-order valence-corrected chi connectivity index (χ4v) is 2.31. The normalized spacial score (nSPS) is 16.6. The maximum absolute atomic E-state index is 13.3. The summed E-state index contributed by atoms with van der Waals surface area (Å²) in [6, 6.07) is 3.76. The summed E-state index contributed by atoms with van der Waals surface area (Å²) in [5.41, 5.74) is -0.105. The number of rotatable bonds is 3. The minimum absolute atomic E-state index is 0.105. The van der Waals surface area contributed by atoms with E-state index in [4.69, 9.17) is 0 Å². The molecule has 16 heavy (non-hydrogen) atoms. The van der Waals surface area contributed by atoms with Gasteiger partial charge in [0.1, 0.15) is 0 Å². The molecule has 86 valence electrons. The first-order chi connectivity index (χ1) is 7.68. The molecule has 1 aliphatic rings. The molecule has 1 aromatic carbocycles. The first-order valence-electron chi connectivity index (χ1n) is 5.65. The van der Waals surface area contributed by atoms with E-state index in [1.54, 1.807) is 0 Å². The van der Waals surface area contributed by atoms with Gasteiger partial charge in [0.25, 0.3) is 0 Å². The van der Waals surface area contributed by atoms with E-state index in [1.807, 2.05) is 0 Å². The van der Waals surface area contributed by atoms with Crippen LogP contribution in [0.25, 0.3) is 0 Å². The number of hydrogen-bond acceptors (Lipinski definition) is 1. The van der Waals surface area contributed by atoms with Crippen molar-refractivity contribution in [3.8, 4) is 0 Å². The summed E-state index contributed by atoms with van der Waals surface area (Å²) in [7, 11) is 0. The van der Waals surface area contributed by atoms with Crippen molar-refractivity contribution in [2.45, 2.75) is 32.1 Å². The monoisotopic (exact) mass is 224 g/mol. The quantitative estimate of drug-likeness (QED) is 0.715. The molecule has 0 atom stereocenters. The van der Waals surface area contributed by atoms with E-state index in [-0.39, 0.29) is 11.3 Å². The second-order valence-corrected chi connectivity index (χ2v) is 4.38. The van der Waals surface area contributed by atoms with E-state index < -0.39 is 11.6 Å². The number of carbonyl (C=O) groups is 1. The zero-order valence-electron chi connectivity index (χ0n) is 9.01. The number of hydrogen-bond donors (Lipinski definition) is 0. The molecule has 0 bridgehead atoms. The molecule has 0 amide bonds. The van der Waals surface area contributed by atoms with Crippen LogP contribution >= 0.6 is 0 Å². The first kappa shape index (κ1) is 11.2. The average Bonchev–Trinajstić information content (AvgIpc) is 2.74. The highest BCUT2D eigenvalue weighted by molar-refractivity contribution is 5.96. The molecular weight excluding hydrogens is 210 g/mol. The second-order valence-electron chi connectivity index (χ2n) is 4.38. The summed E-state index contributed by atoms with van der Waals surface area (Å²) >= 11 is 0. The van der Waals surface area contributed by atoms with Gasteiger partial charge in [-0.05, 0) is 18.1 Å². The van der Waals surface area contributed by atoms with Gasteiger partial charge in [-0.25, -0.2) is 8.78 Å². The maximum Gasteiger partial charge on any atom is 0.169 e. The number of ketones is 1. The lowest BCUT2D eigenvalue weighted by molar-refractivity contribution is 0.0957. The molecule has 0 aromatic heterocycles. The van der Waals surface area contributed by atoms with Gasteiger partial charge in [-0.1, -0.05) is 31.7 Å². The summed E-state index contributed by atoms with van der Waals surface area (Å²) < 4.78 is 26.3. The van der Waals surface area contributed by atoms with Gasteiger partial charge in [-0.15, -0.1) is 0 Å². The third-order valence-electron chi connectivity index (χ3n) is 3.20. The zero-order valence-corrected chi connectivity index (χ0v) is 9.01. The van der Waals surface area contributed by atoms with Crippen molar-refractivity contribution in [3.63, 3.8) is 0 Å². The molecule has 1 saturated carbocycles. The molecule has 1 nitrogen and oxygen atoms in total. The van der Waals surface area contributed by atoms with Crippen LogP contribution in [0.15, 0.2) is 18.2 Å². The Bertz CT molecular complexity index is 395. The van der Waals surface area contributed by atoms with Crippen LogP contribution in [0.2, 0.25) is 0 Å². The lowest BCUT2D eigenvalue weighted by Gasteiger charge is -2.08. The maximum atomic E-state index is 13.3. The standard InChI is InChI=1S/C13H14F2O/c14-11-7-3-6-10(13(11)15)12(16)8-9-4-1-2-5-9/h3,6-7,9H,1-2,4-5,8H2. The molecular formula is C13H14F2O. The Morgan fingerprint density at radius 3 is 2.62 bits per heavy atom. The Balaban J connectivity index is 2.11. The number of Topliss-reactive ketones (excluding diaryl/α,β-unsaturated/α-hetero) is 1. The van der Waals surface area contributed by atoms with Crippen LogP contribution in [0.4, 0.5) is 8.78 Å². The highest BCUT2D eigenvalue weighted by atomic mass is 19.2. The molecule has 1 aliphatic carbocycles. The lowest BCUT2D eigenvalue weighted by Crippen LogP contribution is -2.08. The van der Waals surface area contributed by atoms with Gasteiger partial charge in [0.15, 0.2) is 17.4 Å². The van der Waals surface area contributed by atoms with Gasteiger partial charge < -0.3 is 0 Å². The SMILES string of the molecule is O=C(CC1CCCC1)c1cccc(F)c1F. The van der Waals surface area contributed by atoms with E-state index in [0.717, 1.165) is 31.7 Å². The fourth-order valence-electron chi connectivity index (χ4n) is 2.31. The Hall–Kier alpha value is -1.25. The topological polar surface area (TPSA) is 17.1 Å². The Morgan fingerprint density at radius 2 is 1.94 bits per heavy atom. The number of carbonyl (C=O) groups excluding carboxylic acids is 1. The van der Waals surface area contributed by atoms with Gasteiger partial charge in [0.05, 0.1) is 5.56 Å². The summed E-state index contributed by atoms with van der Waals surface area (Å²) in [6.07, 6.45) is 4.69. The van der Waals surface area contributed by atoms with Crippen LogP contribution in [0.3, 0.4) is 0 Å². The summed E-state index contributed by atoms with van der Waals surface area (Å²) in [5.74, 6) is -1.87. The van der Waals surface area contributed by atoms with Gasteiger partial charge >= 0.3 is 0 Å². The van der Waals surface area contributed by atoms with Crippen LogP contribution in [0, 0.1) is 17.6 Å². The van der Waals surface area contributed by atoms with E-state index in [9.17, 15) is 13.6 Å².